The van der Waals surface area contributed by atoms with Crippen LogP contribution in [0, 0.1) is 0 Å². The lowest BCUT2D eigenvalue weighted by Crippen LogP contribution is -2.37. The lowest BCUT2D eigenvalue weighted by atomic mass is 9.95. The first kappa shape index (κ1) is 18.2. The first-order chi connectivity index (χ1) is 12.6. The van der Waals surface area contributed by atoms with Gasteiger partial charge in [-0.2, -0.15) is 0 Å². The van der Waals surface area contributed by atoms with Crippen LogP contribution in [0.1, 0.15) is 44.6 Å². The predicted molar refractivity (Wildman–Crippen MR) is 107 cm³/mol. The molecular formula is C22H28N2O2. The van der Waals surface area contributed by atoms with Crippen molar-refractivity contribution in [2.45, 2.75) is 45.1 Å². The number of ether oxygens (including phenoxy) is 1. The third-order valence-corrected chi connectivity index (χ3v) is 5.10. The van der Waals surface area contributed by atoms with Gasteiger partial charge in [-0.25, -0.2) is 0 Å². The highest BCUT2D eigenvalue weighted by molar-refractivity contribution is 5.69. The van der Waals surface area contributed by atoms with E-state index in [1.807, 2.05) is 30.5 Å². The largest absolute Gasteiger partial charge is 0.504 e. The zero-order valence-electron chi connectivity index (χ0n) is 15.7. The number of nitrogens with zero attached hydrogens (tertiary/aromatic N) is 1. The molecule has 0 atom stereocenters. The molecular weight excluding hydrogens is 324 g/mol. The summed E-state index contributed by atoms with van der Waals surface area (Å²) in [7, 11) is 1.56. The molecule has 0 aromatic heterocycles. The van der Waals surface area contributed by atoms with Crippen LogP contribution in [0.5, 0.6) is 11.5 Å². The summed E-state index contributed by atoms with van der Waals surface area (Å²) in [6.07, 6.45) is 14.3. The molecule has 1 aliphatic carbocycles. The highest BCUT2D eigenvalue weighted by atomic mass is 16.5. The fourth-order valence-corrected chi connectivity index (χ4v) is 3.56. The van der Waals surface area contributed by atoms with E-state index in [0.717, 1.165) is 22.7 Å². The topological polar surface area (TPSA) is 44.7 Å². The zero-order chi connectivity index (χ0) is 18.5. The molecule has 0 unspecified atom stereocenters. The summed E-state index contributed by atoms with van der Waals surface area (Å²) in [5.41, 5.74) is 2.94. The number of hydrogen-bond donors (Lipinski definition) is 2. The van der Waals surface area contributed by atoms with Gasteiger partial charge in [0, 0.05) is 17.9 Å². The van der Waals surface area contributed by atoms with Gasteiger partial charge in [0.25, 0.3) is 0 Å². The standard InChI is InChI=1S/C22H28N2O2/c1-16-9-7-8-14-24(16)22(23-19-10-5-4-6-11-19)17(2)18-12-13-21(26-3)20(25)15-18/h7-9,12-15,19,23,25H,1,4-6,10-11H2,2-3H3/b22-17+. The predicted octanol–water partition coefficient (Wildman–Crippen LogP) is 4.91. The number of hydrogen-bond acceptors (Lipinski definition) is 4. The molecule has 2 N–H and O–H groups in total. The van der Waals surface area contributed by atoms with Crippen LogP contribution in [0.15, 0.2) is 60.7 Å². The summed E-state index contributed by atoms with van der Waals surface area (Å²) in [4.78, 5) is 2.09. The molecule has 2 aliphatic rings. The monoisotopic (exact) mass is 352 g/mol. The SMILES string of the molecule is C=C1C=CC=CN1/C(NC1CCCCC1)=C(\C)c1ccc(OC)c(O)c1. The molecule has 1 aromatic rings. The lowest BCUT2D eigenvalue weighted by Gasteiger charge is -2.33. The maximum Gasteiger partial charge on any atom is 0.160 e. The van der Waals surface area contributed by atoms with E-state index in [0.29, 0.717) is 11.8 Å². The first-order valence-corrected chi connectivity index (χ1v) is 9.28. The minimum absolute atomic E-state index is 0.147. The lowest BCUT2D eigenvalue weighted by molar-refractivity contribution is 0.367. The van der Waals surface area contributed by atoms with Crippen molar-refractivity contribution in [3.8, 4) is 11.5 Å². The Morgan fingerprint density at radius 2 is 2.00 bits per heavy atom. The van der Waals surface area contributed by atoms with Gasteiger partial charge in [-0.05, 0) is 55.2 Å². The molecule has 1 aliphatic heterocycles. The van der Waals surface area contributed by atoms with E-state index in [-0.39, 0.29) is 5.75 Å². The molecule has 0 spiro atoms. The Hall–Kier alpha value is -2.62. The van der Waals surface area contributed by atoms with Gasteiger partial charge in [0.2, 0.25) is 0 Å². The number of methoxy groups -OCH3 is 1. The summed E-state index contributed by atoms with van der Waals surface area (Å²) in [6.45, 7) is 6.25. The van der Waals surface area contributed by atoms with Gasteiger partial charge in [0.1, 0.15) is 5.82 Å². The third-order valence-electron chi connectivity index (χ3n) is 5.10. The van der Waals surface area contributed by atoms with Crippen LogP contribution in [0.3, 0.4) is 0 Å². The number of allylic oxidation sites excluding steroid dienone is 4. The Bertz CT molecular complexity index is 755. The van der Waals surface area contributed by atoms with Gasteiger partial charge in [-0.1, -0.05) is 38.0 Å². The second-order valence-corrected chi connectivity index (χ2v) is 6.90. The molecule has 26 heavy (non-hydrogen) atoms. The van der Waals surface area contributed by atoms with E-state index in [2.05, 4.69) is 23.7 Å². The van der Waals surface area contributed by atoms with Crippen LogP contribution in [0.2, 0.25) is 0 Å². The van der Waals surface area contributed by atoms with E-state index in [1.165, 1.54) is 32.1 Å². The molecule has 3 rings (SSSR count). The molecule has 1 aromatic carbocycles. The minimum atomic E-state index is 0.147. The van der Waals surface area contributed by atoms with Crippen molar-refractivity contribution in [2.24, 2.45) is 0 Å². The van der Waals surface area contributed by atoms with Gasteiger partial charge < -0.3 is 20.1 Å². The summed E-state index contributed by atoms with van der Waals surface area (Å²) in [5.74, 6) is 1.65. The fourth-order valence-electron chi connectivity index (χ4n) is 3.56. The number of benzene rings is 1. The Balaban J connectivity index is 1.98. The summed E-state index contributed by atoms with van der Waals surface area (Å²) < 4.78 is 5.17. The number of aromatic hydroxyl groups is 1. The van der Waals surface area contributed by atoms with Gasteiger partial charge in [0.15, 0.2) is 11.5 Å². The van der Waals surface area contributed by atoms with Crippen molar-refractivity contribution >= 4 is 5.57 Å². The van der Waals surface area contributed by atoms with Crippen molar-refractivity contribution in [2.75, 3.05) is 7.11 Å². The van der Waals surface area contributed by atoms with Gasteiger partial charge in [-0.3, -0.25) is 0 Å². The molecule has 4 nitrogen and oxygen atoms in total. The highest BCUT2D eigenvalue weighted by Crippen LogP contribution is 2.32. The maximum atomic E-state index is 10.2. The Kier molecular flexibility index (Phi) is 5.71. The zero-order valence-corrected chi connectivity index (χ0v) is 15.7. The molecule has 4 heteroatoms. The number of rotatable bonds is 5. The van der Waals surface area contributed by atoms with Crippen molar-refractivity contribution in [3.63, 3.8) is 0 Å². The summed E-state index contributed by atoms with van der Waals surface area (Å²) >= 11 is 0. The third kappa shape index (κ3) is 3.96. The summed E-state index contributed by atoms with van der Waals surface area (Å²) in [5, 5.41) is 13.9. The Labute approximate surface area is 156 Å². The number of nitrogens with one attached hydrogen (secondary N) is 1. The van der Waals surface area contributed by atoms with Crippen LogP contribution in [-0.2, 0) is 0 Å². The van der Waals surface area contributed by atoms with Crippen molar-refractivity contribution < 1.29 is 9.84 Å². The quantitative estimate of drug-likeness (QED) is 0.790. The van der Waals surface area contributed by atoms with E-state index in [9.17, 15) is 5.11 Å². The normalized spacial score (nSPS) is 18.7. The molecule has 0 radical (unpaired) electrons. The van der Waals surface area contributed by atoms with Crippen LogP contribution in [0.4, 0.5) is 0 Å². The van der Waals surface area contributed by atoms with E-state index in [1.54, 1.807) is 19.2 Å². The van der Waals surface area contributed by atoms with Crippen LogP contribution in [-0.4, -0.2) is 23.2 Å². The Morgan fingerprint density at radius 3 is 2.65 bits per heavy atom. The van der Waals surface area contributed by atoms with Crippen molar-refractivity contribution in [3.05, 3.63) is 66.3 Å². The summed E-state index contributed by atoms with van der Waals surface area (Å²) in [6, 6.07) is 5.99. The van der Waals surface area contributed by atoms with Gasteiger partial charge in [0.05, 0.1) is 7.11 Å². The van der Waals surface area contributed by atoms with Crippen molar-refractivity contribution in [1.82, 2.24) is 10.2 Å². The van der Waals surface area contributed by atoms with Crippen LogP contribution >= 0.6 is 0 Å². The van der Waals surface area contributed by atoms with E-state index >= 15 is 0 Å². The number of phenols is 1. The first-order valence-electron chi connectivity index (χ1n) is 9.28. The van der Waals surface area contributed by atoms with Gasteiger partial charge in [-0.15, -0.1) is 0 Å². The molecule has 138 valence electrons. The van der Waals surface area contributed by atoms with E-state index in [4.69, 9.17) is 4.74 Å². The second-order valence-electron chi connectivity index (χ2n) is 6.90. The molecule has 0 bridgehead atoms. The molecule has 1 heterocycles. The van der Waals surface area contributed by atoms with Crippen LogP contribution < -0.4 is 10.1 Å². The fraction of sp³-hybridized carbons (Fsp3) is 0.364. The van der Waals surface area contributed by atoms with Crippen LogP contribution in [0.25, 0.3) is 5.57 Å². The number of phenolic OH excluding ortho intramolecular Hbond substituents is 1. The highest BCUT2D eigenvalue weighted by Gasteiger charge is 2.21. The van der Waals surface area contributed by atoms with Crippen molar-refractivity contribution in [1.29, 1.82) is 0 Å². The average molecular weight is 352 g/mol. The Morgan fingerprint density at radius 1 is 1.23 bits per heavy atom. The average Bonchev–Trinajstić information content (AvgIpc) is 2.67. The smallest absolute Gasteiger partial charge is 0.160 e. The van der Waals surface area contributed by atoms with Gasteiger partial charge >= 0.3 is 0 Å². The molecule has 1 saturated carbocycles. The molecule has 0 amide bonds. The van der Waals surface area contributed by atoms with E-state index < -0.39 is 0 Å². The molecule has 0 saturated heterocycles. The second kappa shape index (κ2) is 8.17. The minimum Gasteiger partial charge on any atom is -0.504 e. The molecule has 1 fully saturated rings. The maximum absolute atomic E-state index is 10.2.